The molecular weight excluding hydrogens is 202 g/mol. The standard InChI is InChI=1S/C13H23NO2/c1-2-4-6-11(7-5-3-1)12-10-16-13-14(12)8-9-15-13/h11-13H,1-10H2. The highest BCUT2D eigenvalue weighted by Gasteiger charge is 2.42. The van der Waals surface area contributed by atoms with Gasteiger partial charge in [0, 0.05) is 12.6 Å². The Bertz CT molecular complexity index is 226. The second kappa shape index (κ2) is 5.03. The largest absolute Gasteiger partial charge is 0.338 e. The quantitative estimate of drug-likeness (QED) is 0.684. The van der Waals surface area contributed by atoms with Crippen LogP contribution in [0.2, 0.25) is 0 Å². The van der Waals surface area contributed by atoms with E-state index >= 15 is 0 Å². The highest BCUT2D eigenvalue weighted by molar-refractivity contribution is 4.86. The van der Waals surface area contributed by atoms with Crippen molar-refractivity contribution in [2.75, 3.05) is 19.8 Å². The Balaban J connectivity index is 1.61. The molecule has 1 saturated carbocycles. The van der Waals surface area contributed by atoms with Crippen molar-refractivity contribution in [3.63, 3.8) is 0 Å². The van der Waals surface area contributed by atoms with Crippen molar-refractivity contribution < 1.29 is 9.47 Å². The average Bonchev–Trinajstić information content (AvgIpc) is 2.79. The topological polar surface area (TPSA) is 21.7 Å². The van der Waals surface area contributed by atoms with E-state index in [1.165, 1.54) is 44.9 Å². The van der Waals surface area contributed by atoms with Gasteiger partial charge in [-0.1, -0.05) is 32.1 Å². The van der Waals surface area contributed by atoms with Crippen LogP contribution in [-0.2, 0) is 9.47 Å². The predicted octanol–water partition coefficient (Wildman–Crippen LogP) is 2.36. The molecular formula is C13H23NO2. The molecule has 2 atom stereocenters. The molecule has 3 aliphatic rings. The number of nitrogens with zero attached hydrogens (tertiary/aromatic N) is 1. The molecule has 2 saturated heterocycles. The Labute approximate surface area is 98.1 Å². The van der Waals surface area contributed by atoms with Crippen LogP contribution < -0.4 is 0 Å². The summed E-state index contributed by atoms with van der Waals surface area (Å²) in [6, 6.07) is 0.644. The van der Waals surface area contributed by atoms with Gasteiger partial charge in [0.1, 0.15) is 0 Å². The van der Waals surface area contributed by atoms with E-state index in [9.17, 15) is 0 Å². The zero-order valence-electron chi connectivity index (χ0n) is 10.1. The van der Waals surface area contributed by atoms with Crippen LogP contribution in [0.4, 0.5) is 0 Å². The van der Waals surface area contributed by atoms with Crippen LogP contribution >= 0.6 is 0 Å². The lowest BCUT2D eigenvalue weighted by Crippen LogP contribution is -2.38. The van der Waals surface area contributed by atoms with Crippen molar-refractivity contribution in [1.82, 2.24) is 4.90 Å². The minimum atomic E-state index is -0.00422. The molecule has 0 spiro atoms. The minimum absolute atomic E-state index is 0.00422. The van der Waals surface area contributed by atoms with E-state index in [2.05, 4.69) is 4.90 Å². The molecule has 2 unspecified atom stereocenters. The molecule has 3 nitrogen and oxygen atoms in total. The maximum Gasteiger partial charge on any atom is 0.219 e. The summed E-state index contributed by atoms with van der Waals surface area (Å²) < 4.78 is 11.3. The Morgan fingerprint density at radius 2 is 1.62 bits per heavy atom. The number of hydrogen-bond acceptors (Lipinski definition) is 3. The van der Waals surface area contributed by atoms with Crippen molar-refractivity contribution in [1.29, 1.82) is 0 Å². The van der Waals surface area contributed by atoms with Crippen molar-refractivity contribution in [3.05, 3.63) is 0 Å². The Hall–Kier alpha value is -0.120. The van der Waals surface area contributed by atoms with Crippen LogP contribution in [0, 0.1) is 5.92 Å². The summed E-state index contributed by atoms with van der Waals surface area (Å²) in [5.74, 6) is 0.854. The minimum Gasteiger partial charge on any atom is -0.338 e. The molecule has 1 aliphatic carbocycles. The molecule has 0 aromatic heterocycles. The Kier molecular flexibility index (Phi) is 3.46. The third-order valence-electron chi connectivity index (χ3n) is 4.41. The summed E-state index contributed by atoms with van der Waals surface area (Å²) in [5, 5.41) is 0. The highest BCUT2D eigenvalue weighted by Crippen LogP contribution is 2.33. The molecule has 3 heteroatoms. The number of rotatable bonds is 1. The summed E-state index contributed by atoms with van der Waals surface area (Å²) >= 11 is 0. The summed E-state index contributed by atoms with van der Waals surface area (Å²) in [7, 11) is 0. The molecule has 0 aromatic carbocycles. The molecule has 92 valence electrons. The molecule has 0 aromatic rings. The first-order chi connectivity index (χ1) is 7.95. The van der Waals surface area contributed by atoms with Gasteiger partial charge < -0.3 is 9.47 Å². The van der Waals surface area contributed by atoms with Gasteiger partial charge in [0.15, 0.2) is 0 Å². The van der Waals surface area contributed by atoms with Crippen LogP contribution in [0.3, 0.4) is 0 Å². The monoisotopic (exact) mass is 225 g/mol. The Morgan fingerprint density at radius 1 is 0.875 bits per heavy atom. The van der Waals surface area contributed by atoms with Crippen LogP contribution in [-0.4, -0.2) is 37.1 Å². The SMILES string of the molecule is C1CCCC(C2COC3OCCN32)CCC1. The van der Waals surface area contributed by atoms with Gasteiger partial charge in [-0.15, -0.1) is 0 Å². The number of hydrogen-bond donors (Lipinski definition) is 0. The molecule has 0 radical (unpaired) electrons. The van der Waals surface area contributed by atoms with Crippen LogP contribution in [0.15, 0.2) is 0 Å². The molecule has 2 heterocycles. The lowest BCUT2D eigenvalue weighted by molar-refractivity contribution is -0.123. The second-order valence-corrected chi connectivity index (χ2v) is 5.42. The smallest absolute Gasteiger partial charge is 0.219 e. The van der Waals surface area contributed by atoms with E-state index in [4.69, 9.17) is 9.47 Å². The first-order valence-corrected chi connectivity index (χ1v) is 6.94. The molecule has 0 bridgehead atoms. The number of fused-ring (bicyclic) bond motifs is 1. The Morgan fingerprint density at radius 3 is 2.44 bits per heavy atom. The van der Waals surface area contributed by atoms with Gasteiger partial charge in [-0.2, -0.15) is 0 Å². The zero-order chi connectivity index (χ0) is 10.8. The first kappa shape index (κ1) is 11.0. The van der Waals surface area contributed by atoms with Gasteiger partial charge >= 0.3 is 0 Å². The van der Waals surface area contributed by atoms with Gasteiger partial charge in [0.25, 0.3) is 0 Å². The molecule has 2 aliphatic heterocycles. The molecule has 16 heavy (non-hydrogen) atoms. The van der Waals surface area contributed by atoms with Crippen LogP contribution in [0.1, 0.15) is 44.9 Å². The average molecular weight is 225 g/mol. The fourth-order valence-electron chi connectivity index (χ4n) is 3.48. The van der Waals surface area contributed by atoms with Crippen LogP contribution in [0.25, 0.3) is 0 Å². The summed E-state index contributed by atoms with van der Waals surface area (Å²) in [5.41, 5.74) is 0. The van der Waals surface area contributed by atoms with Gasteiger partial charge in [0.2, 0.25) is 6.41 Å². The van der Waals surface area contributed by atoms with E-state index in [0.29, 0.717) is 6.04 Å². The van der Waals surface area contributed by atoms with Gasteiger partial charge in [-0.25, -0.2) is 4.90 Å². The third kappa shape index (κ3) is 2.13. The molecule has 3 fully saturated rings. The van der Waals surface area contributed by atoms with E-state index in [0.717, 1.165) is 25.7 Å². The van der Waals surface area contributed by atoms with E-state index in [1.807, 2.05) is 0 Å². The van der Waals surface area contributed by atoms with Crippen molar-refractivity contribution >= 4 is 0 Å². The predicted molar refractivity (Wildman–Crippen MR) is 62.0 cm³/mol. The third-order valence-corrected chi connectivity index (χ3v) is 4.41. The maximum absolute atomic E-state index is 5.72. The summed E-state index contributed by atoms with van der Waals surface area (Å²) in [6.07, 6.45) is 9.95. The zero-order valence-corrected chi connectivity index (χ0v) is 10.1. The molecule has 3 rings (SSSR count). The second-order valence-electron chi connectivity index (χ2n) is 5.42. The van der Waals surface area contributed by atoms with E-state index in [1.54, 1.807) is 0 Å². The van der Waals surface area contributed by atoms with Crippen molar-refractivity contribution in [3.8, 4) is 0 Å². The van der Waals surface area contributed by atoms with Crippen molar-refractivity contribution in [2.45, 2.75) is 57.4 Å². The van der Waals surface area contributed by atoms with Gasteiger partial charge in [-0.3, -0.25) is 0 Å². The fraction of sp³-hybridized carbons (Fsp3) is 1.00. The van der Waals surface area contributed by atoms with Crippen molar-refractivity contribution in [2.24, 2.45) is 5.92 Å². The van der Waals surface area contributed by atoms with E-state index < -0.39 is 0 Å². The van der Waals surface area contributed by atoms with Gasteiger partial charge in [-0.05, 0) is 18.8 Å². The normalized spacial score (nSPS) is 38.2. The first-order valence-electron chi connectivity index (χ1n) is 6.94. The summed E-state index contributed by atoms with van der Waals surface area (Å²) in [4.78, 5) is 2.45. The highest BCUT2D eigenvalue weighted by atomic mass is 16.7. The van der Waals surface area contributed by atoms with Crippen LogP contribution in [0.5, 0.6) is 0 Å². The molecule has 0 N–H and O–H groups in total. The number of ether oxygens (including phenoxy) is 2. The lowest BCUT2D eigenvalue weighted by atomic mass is 9.86. The van der Waals surface area contributed by atoms with E-state index in [-0.39, 0.29) is 6.41 Å². The molecule has 0 amide bonds. The maximum atomic E-state index is 5.72. The lowest BCUT2D eigenvalue weighted by Gasteiger charge is -2.29. The fourth-order valence-corrected chi connectivity index (χ4v) is 3.48. The summed E-state index contributed by atoms with van der Waals surface area (Å²) in [6.45, 7) is 2.83. The van der Waals surface area contributed by atoms with Gasteiger partial charge in [0.05, 0.1) is 13.2 Å².